The number of carbonyl (C=O) groups excluding carboxylic acids is 1. The fraction of sp³-hybridized carbons (Fsp3) is 0.364. The molecule has 7 nitrogen and oxygen atoms in total. The number of piperidine rings is 1. The Labute approximate surface area is 187 Å². The Morgan fingerprint density at radius 2 is 2.03 bits per heavy atom. The highest BCUT2D eigenvalue weighted by atomic mass is 35.5. The lowest BCUT2D eigenvalue weighted by Gasteiger charge is -2.31. The van der Waals surface area contributed by atoms with Gasteiger partial charge >= 0.3 is 0 Å². The fourth-order valence-corrected chi connectivity index (χ4v) is 5.33. The first kappa shape index (κ1) is 23.1. The van der Waals surface area contributed by atoms with Crippen LogP contribution in [-0.2, 0) is 21.2 Å². The zero-order valence-corrected chi connectivity index (χ0v) is 18.7. The summed E-state index contributed by atoms with van der Waals surface area (Å²) >= 11 is 6.16. The van der Waals surface area contributed by atoms with Gasteiger partial charge < -0.3 is 10.1 Å². The maximum atomic E-state index is 13.1. The molecule has 1 aliphatic heterocycles. The van der Waals surface area contributed by atoms with E-state index in [9.17, 15) is 13.2 Å². The smallest absolute Gasteiger partial charge is 0.243 e. The molecule has 1 amide bonds. The Hall–Kier alpha value is -2.60. The van der Waals surface area contributed by atoms with Crippen molar-refractivity contribution in [1.29, 1.82) is 5.26 Å². The van der Waals surface area contributed by atoms with Crippen molar-refractivity contribution in [3.8, 4) is 11.8 Å². The topological polar surface area (TPSA) is 99.5 Å². The van der Waals surface area contributed by atoms with Crippen LogP contribution in [0.1, 0.15) is 25.3 Å². The second-order valence-corrected chi connectivity index (χ2v) is 9.59. The molecule has 1 heterocycles. The third kappa shape index (κ3) is 5.56. The minimum absolute atomic E-state index is 0.0788. The van der Waals surface area contributed by atoms with E-state index in [0.29, 0.717) is 43.9 Å². The summed E-state index contributed by atoms with van der Waals surface area (Å²) in [7, 11) is -3.78. The molecule has 1 unspecified atom stereocenters. The molecule has 1 N–H and O–H groups in total. The van der Waals surface area contributed by atoms with E-state index in [4.69, 9.17) is 21.6 Å². The van der Waals surface area contributed by atoms with Gasteiger partial charge in [0.2, 0.25) is 15.9 Å². The van der Waals surface area contributed by atoms with Crippen LogP contribution in [0, 0.1) is 17.2 Å². The van der Waals surface area contributed by atoms with Crippen LogP contribution in [0.25, 0.3) is 0 Å². The maximum Gasteiger partial charge on any atom is 0.243 e. The van der Waals surface area contributed by atoms with Gasteiger partial charge in [0.1, 0.15) is 5.75 Å². The number of amides is 1. The van der Waals surface area contributed by atoms with Gasteiger partial charge in [-0.15, -0.1) is 0 Å². The van der Waals surface area contributed by atoms with Crippen LogP contribution >= 0.6 is 11.6 Å². The van der Waals surface area contributed by atoms with Crippen molar-refractivity contribution in [2.75, 3.05) is 25.0 Å². The largest absolute Gasteiger partial charge is 0.492 e. The summed E-state index contributed by atoms with van der Waals surface area (Å²) < 4.78 is 32.9. The molecular weight excluding hydrogens is 438 g/mol. The van der Waals surface area contributed by atoms with Gasteiger partial charge in [0, 0.05) is 18.8 Å². The van der Waals surface area contributed by atoms with Crippen molar-refractivity contribution >= 4 is 33.2 Å². The summed E-state index contributed by atoms with van der Waals surface area (Å²) in [6, 6.07) is 13.5. The molecule has 2 aromatic rings. The van der Waals surface area contributed by atoms with E-state index in [-0.39, 0.29) is 22.4 Å². The number of rotatable bonds is 7. The summed E-state index contributed by atoms with van der Waals surface area (Å²) in [5.74, 6) is -0.252. The second-order valence-electron chi connectivity index (χ2n) is 7.25. The highest BCUT2D eigenvalue weighted by Gasteiger charge is 2.33. The molecule has 1 fully saturated rings. The summed E-state index contributed by atoms with van der Waals surface area (Å²) in [6.45, 7) is 2.70. The SMILES string of the molecule is CCOc1ccc(S(=O)(=O)N2CCCC(C(=O)Nc3ccc(CC#N)cc3)C2)cc1Cl. The average Bonchev–Trinajstić information content (AvgIpc) is 2.77. The first-order valence-electron chi connectivity index (χ1n) is 10.0. The van der Waals surface area contributed by atoms with Crippen LogP contribution in [0.2, 0.25) is 5.02 Å². The van der Waals surface area contributed by atoms with Gasteiger partial charge in [0.25, 0.3) is 0 Å². The maximum absolute atomic E-state index is 13.1. The van der Waals surface area contributed by atoms with Crippen molar-refractivity contribution in [2.24, 2.45) is 5.92 Å². The lowest BCUT2D eigenvalue weighted by Crippen LogP contribution is -2.43. The Morgan fingerprint density at radius 3 is 2.68 bits per heavy atom. The number of hydrogen-bond donors (Lipinski definition) is 1. The van der Waals surface area contributed by atoms with E-state index < -0.39 is 15.9 Å². The van der Waals surface area contributed by atoms with Crippen molar-refractivity contribution in [3.05, 3.63) is 53.1 Å². The predicted octanol–water partition coefficient (Wildman–Crippen LogP) is 3.84. The number of hydrogen-bond acceptors (Lipinski definition) is 5. The third-order valence-corrected chi connectivity index (χ3v) is 7.26. The molecule has 9 heteroatoms. The first-order chi connectivity index (χ1) is 14.8. The van der Waals surface area contributed by atoms with Gasteiger partial charge in [0.05, 0.1) is 34.9 Å². The summed E-state index contributed by atoms with van der Waals surface area (Å²) in [4.78, 5) is 12.8. The molecule has 0 radical (unpaired) electrons. The van der Waals surface area contributed by atoms with Crippen LogP contribution in [0.4, 0.5) is 5.69 Å². The number of sulfonamides is 1. The number of nitriles is 1. The highest BCUT2D eigenvalue weighted by Crippen LogP contribution is 2.30. The van der Waals surface area contributed by atoms with E-state index in [1.807, 2.05) is 6.92 Å². The first-order valence-corrected chi connectivity index (χ1v) is 11.9. The zero-order chi connectivity index (χ0) is 22.4. The van der Waals surface area contributed by atoms with Gasteiger partial charge in [-0.25, -0.2) is 8.42 Å². The number of anilines is 1. The molecule has 0 bridgehead atoms. The van der Waals surface area contributed by atoms with Crippen molar-refractivity contribution in [2.45, 2.75) is 31.1 Å². The summed E-state index contributed by atoms with van der Waals surface area (Å²) in [5, 5.41) is 11.8. The lowest BCUT2D eigenvalue weighted by atomic mass is 9.98. The monoisotopic (exact) mass is 461 g/mol. The number of nitrogens with one attached hydrogen (secondary N) is 1. The van der Waals surface area contributed by atoms with Crippen molar-refractivity contribution < 1.29 is 17.9 Å². The van der Waals surface area contributed by atoms with Crippen molar-refractivity contribution in [3.63, 3.8) is 0 Å². The summed E-state index contributed by atoms with van der Waals surface area (Å²) in [5.41, 5.74) is 1.48. The predicted molar refractivity (Wildman–Crippen MR) is 118 cm³/mol. The standard InChI is InChI=1S/C22H24ClN3O4S/c1-2-30-21-10-9-19(14-20(21)23)31(28,29)26-13-3-4-17(15-26)22(27)25-18-7-5-16(6-8-18)11-12-24/h5-10,14,17H,2-4,11,13,15H2,1H3,(H,25,27). The number of halogens is 1. The molecule has 0 spiro atoms. The molecule has 164 valence electrons. The summed E-state index contributed by atoms with van der Waals surface area (Å²) in [6.07, 6.45) is 1.50. The Morgan fingerprint density at radius 1 is 1.29 bits per heavy atom. The number of carbonyl (C=O) groups is 1. The van der Waals surface area contributed by atoms with Gasteiger partial charge in [-0.2, -0.15) is 9.57 Å². The van der Waals surface area contributed by atoms with E-state index in [2.05, 4.69) is 11.4 Å². The minimum atomic E-state index is -3.78. The Balaban J connectivity index is 1.69. The molecule has 3 rings (SSSR count). The molecular formula is C22H24ClN3O4S. The molecule has 0 aromatic heterocycles. The van der Waals surface area contributed by atoms with Crippen LogP contribution in [-0.4, -0.2) is 38.3 Å². The van der Waals surface area contributed by atoms with Gasteiger partial charge in [0.15, 0.2) is 0 Å². The highest BCUT2D eigenvalue weighted by molar-refractivity contribution is 7.89. The third-order valence-electron chi connectivity index (χ3n) is 5.10. The van der Waals surface area contributed by atoms with Crippen LogP contribution in [0.15, 0.2) is 47.4 Å². The zero-order valence-electron chi connectivity index (χ0n) is 17.2. The van der Waals surface area contributed by atoms with Gasteiger partial charge in [-0.1, -0.05) is 23.7 Å². The van der Waals surface area contributed by atoms with Crippen LogP contribution < -0.4 is 10.1 Å². The molecule has 0 aliphatic carbocycles. The van der Waals surface area contributed by atoms with E-state index in [1.165, 1.54) is 16.4 Å². The van der Waals surface area contributed by atoms with E-state index in [1.54, 1.807) is 30.3 Å². The van der Waals surface area contributed by atoms with E-state index >= 15 is 0 Å². The van der Waals surface area contributed by atoms with Gasteiger partial charge in [-0.3, -0.25) is 4.79 Å². The fourth-order valence-electron chi connectivity index (χ4n) is 3.48. The lowest BCUT2D eigenvalue weighted by molar-refractivity contribution is -0.120. The molecule has 0 saturated carbocycles. The van der Waals surface area contributed by atoms with Crippen molar-refractivity contribution in [1.82, 2.24) is 4.31 Å². The minimum Gasteiger partial charge on any atom is -0.492 e. The molecule has 1 saturated heterocycles. The molecule has 31 heavy (non-hydrogen) atoms. The molecule has 2 aromatic carbocycles. The van der Waals surface area contributed by atoms with Crippen LogP contribution in [0.3, 0.4) is 0 Å². The normalized spacial score (nSPS) is 17.0. The molecule has 1 aliphatic rings. The van der Waals surface area contributed by atoms with E-state index in [0.717, 1.165) is 5.56 Å². The Kier molecular flexibility index (Phi) is 7.55. The number of benzene rings is 2. The van der Waals surface area contributed by atoms with Crippen LogP contribution in [0.5, 0.6) is 5.75 Å². The molecule has 1 atom stereocenters. The quantitative estimate of drug-likeness (QED) is 0.675. The second kappa shape index (κ2) is 10.1. The van der Waals surface area contributed by atoms with Gasteiger partial charge in [-0.05, 0) is 55.7 Å². The Bertz CT molecular complexity index is 1080. The number of ether oxygens (including phenoxy) is 1. The number of nitrogens with zero attached hydrogens (tertiary/aromatic N) is 2. The average molecular weight is 462 g/mol.